The number of aliphatic carboxylic acids is 2. The van der Waals surface area contributed by atoms with E-state index in [4.69, 9.17) is 28.4 Å². The first kappa shape index (κ1) is 51.0. The average Bonchev–Trinajstić information content (AvgIpc) is 3.26. The molecule has 11 N–H and O–H groups in total. The third-order valence-electron chi connectivity index (χ3n) is 18.8. The van der Waals surface area contributed by atoms with E-state index in [1.807, 2.05) is 0 Å². The number of carboxylic acids is 2. The number of hydrogen-bond acceptors (Lipinski definition) is 18. The molecule has 0 aromatic heterocycles. The van der Waals surface area contributed by atoms with E-state index in [1.165, 1.54) is 5.57 Å². The van der Waals surface area contributed by atoms with Gasteiger partial charge in [-0.25, -0.2) is 4.79 Å². The van der Waals surface area contributed by atoms with Crippen LogP contribution in [-0.4, -0.2) is 179 Å². The minimum Gasteiger partial charge on any atom is -0.481 e. The third-order valence-corrected chi connectivity index (χ3v) is 18.8. The number of aliphatic hydroxyl groups excluding tert-OH is 9. The molecule has 24 atom stereocenters. The van der Waals surface area contributed by atoms with Crippen molar-refractivity contribution in [2.45, 2.75) is 191 Å². The minimum atomic E-state index is -2.04. The lowest BCUT2D eigenvalue weighted by molar-refractivity contribution is -0.365. The van der Waals surface area contributed by atoms with Crippen LogP contribution in [0.4, 0.5) is 0 Å². The lowest BCUT2D eigenvalue weighted by Gasteiger charge is -2.70. The molecule has 0 aromatic rings. The van der Waals surface area contributed by atoms with Gasteiger partial charge in [-0.05, 0) is 110 Å². The van der Waals surface area contributed by atoms with Crippen molar-refractivity contribution in [2.75, 3.05) is 13.2 Å². The summed E-state index contributed by atoms with van der Waals surface area (Å²) in [6.07, 6.45) is -17.5. The number of fused-ring (bicyclic) bond motifs is 7. The Kier molecular flexibility index (Phi) is 13.7. The fourth-order valence-corrected chi connectivity index (χ4v) is 14.9. The van der Waals surface area contributed by atoms with Gasteiger partial charge in [0.25, 0.3) is 0 Å². The van der Waals surface area contributed by atoms with Gasteiger partial charge in [0, 0.05) is 0 Å². The van der Waals surface area contributed by atoms with Crippen LogP contribution in [0.3, 0.4) is 0 Å². The molecule has 7 fully saturated rings. The quantitative estimate of drug-likeness (QED) is 0.0809. The molecule has 20 nitrogen and oxygen atoms in total. The van der Waals surface area contributed by atoms with Gasteiger partial charge in [0.1, 0.15) is 61.0 Å². The Hall–Kier alpha value is -2.41. The second kappa shape index (κ2) is 18.0. The number of aliphatic hydroxyl groups is 9. The van der Waals surface area contributed by atoms with Crippen LogP contribution < -0.4 is 0 Å². The zero-order valence-corrected chi connectivity index (χ0v) is 39.0. The van der Waals surface area contributed by atoms with Crippen LogP contribution >= 0.6 is 0 Å². The third kappa shape index (κ3) is 8.10. The van der Waals surface area contributed by atoms with Gasteiger partial charge in [-0.3, -0.25) is 9.59 Å². The van der Waals surface area contributed by atoms with Gasteiger partial charge >= 0.3 is 17.9 Å². The number of esters is 1. The molecule has 8 rings (SSSR count). The van der Waals surface area contributed by atoms with Crippen molar-refractivity contribution in [2.24, 2.45) is 56.7 Å². The van der Waals surface area contributed by atoms with E-state index in [9.17, 15) is 70.6 Å². The summed E-state index contributed by atoms with van der Waals surface area (Å²) in [7, 11) is 0. The summed E-state index contributed by atoms with van der Waals surface area (Å²) in [4.78, 5) is 40.2. The van der Waals surface area contributed by atoms with Crippen molar-refractivity contribution in [3.8, 4) is 0 Å². The van der Waals surface area contributed by atoms with Gasteiger partial charge in [-0.1, -0.05) is 46.3 Å². The summed E-state index contributed by atoms with van der Waals surface area (Å²) in [6.45, 7) is 11.5. The Labute approximate surface area is 389 Å². The number of rotatable bonds is 9. The maximum atomic E-state index is 14.2. The van der Waals surface area contributed by atoms with Crippen molar-refractivity contribution in [1.29, 1.82) is 0 Å². The minimum absolute atomic E-state index is 0.00851. The maximum Gasteiger partial charge on any atom is 0.335 e. The largest absolute Gasteiger partial charge is 0.481 e. The smallest absolute Gasteiger partial charge is 0.335 e. The normalized spacial score (nSPS) is 52.9. The molecular weight excluding hydrogens is 884 g/mol. The van der Waals surface area contributed by atoms with Crippen molar-refractivity contribution >= 4 is 17.9 Å². The van der Waals surface area contributed by atoms with Crippen LogP contribution in [0.2, 0.25) is 0 Å². The molecule has 3 aliphatic heterocycles. The Bertz CT molecular complexity index is 1910. The van der Waals surface area contributed by atoms with Crippen LogP contribution in [0.1, 0.15) is 99.3 Å². The topological polar surface area (TPSA) is 329 Å². The molecule has 0 aromatic carbocycles. The Morgan fingerprint density at radius 1 is 0.716 bits per heavy atom. The fraction of sp³-hybridized carbons (Fsp3) is 0.894. The van der Waals surface area contributed by atoms with E-state index < -0.39 is 146 Å². The molecular formula is C47H72O20. The second-order valence-electron chi connectivity index (χ2n) is 22.8. The van der Waals surface area contributed by atoms with Crippen molar-refractivity contribution in [3.05, 3.63) is 11.6 Å². The molecule has 0 radical (unpaired) electrons. The molecule has 4 saturated carbocycles. The number of allylic oxidation sites excluding steroid dienone is 2. The molecule has 5 aliphatic carbocycles. The summed E-state index contributed by atoms with van der Waals surface area (Å²) in [5.74, 6) is -4.45. The maximum absolute atomic E-state index is 14.2. The summed E-state index contributed by atoms with van der Waals surface area (Å²) in [5, 5.41) is 115. The molecule has 3 heterocycles. The molecule has 0 amide bonds. The highest BCUT2D eigenvalue weighted by Crippen LogP contribution is 2.75. The van der Waals surface area contributed by atoms with Crippen LogP contribution in [0.25, 0.3) is 0 Å². The van der Waals surface area contributed by atoms with Crippen molar-refractivity contribution in [1.82, 2.24) is 0 Å². The molecule has 67 heavy (non-hydrogen) atoms. The number of ether oxygens (including phenoxy) is 6. The zero-order chi connectivity index (χ0) is 49.1. The standard InChI is InChI=1S/C47H72O20/c1-43(2)15-20-19(21(16-43)38(59)67-40-34(56)30(52)29(51)24(17-48)63-40)9-13-45(4)22(20)7-8-25-44(3)12-11-27(47(6,42(60)61)26(44)10-14-46(25,45)5)64-41-36(32(54)31(53)35(65-41)37(57)58)66-39-33(55)28(50)23(49)18-62-39/h7,19-21,23-36,39-41,48-56H,8-18H2,1-6H3,(H,57,58)(H,60,61). The molecule has 20 heteroatoms. The summed E-state index contributed by atoms with van der Waals surface area (Å²) in [5.41, 5.74) is -1.80. The lowest BCUT2D eigenvalue weighted by atomic mass is 9.34. The van der Waals surface area contributed by atoms with Crippen LogP contribution in [0.15, 0.2) is 11.6 Å². The Morgan fingerprint density at radius 2 is 1.40 bits per heavy atom. The van der Waals surface area contributed by atoms with Gasteiger partial charge in [-0.15, -0.1) is 0 Å². The first-order valence-electron chi connectivity index (χ1n) is 23.9. The molecule has 0 spiro atoms. The number of carbonyl (C=O) groups excluding carboxylic acids is 1. The molecule has 8 aliphatic rings. The van der Waals surface area contributed by atoms with Crippen LogP contribution in [0.5, 0.6) is 0 Å². The van der Waals surface area contributed by atoms with Gasteiger partial charge in [0.15, 0.2) is 18.7 Å². The molecule has 0 bridgehead atoms. The molecule has 3 saturated heterocycles. The van der Waals surface area contributed by atoms with Gasteiger partial charge in [-0.2, -0.15) is 0 Å². The molecule has 24 unspecified atom stereocenters. The highest BCUT2D eigenvalue weighted by Gasteiger charge is 2.70. The Balaban J connectivity index is 1.05. The van der Waals surface area contributed by atoms with Crippen LogP contribution in [-0.2, 0) is 42.8 Å². The highest BCUT2D eigenvalue weighted by atomic mass is 16.8. The molecule has 380 valence electrons. The van der Waals surface area contributed by atoms with Gasteiger partial charge in [0.2, 0.25) is 6.29 Å². The average molecular weight is 957 g/mol. The number of hydrogen-bond donors (Lipinski definition) is 11. The second-order valence-corrected chi connectivity index (χ2v) is 22.8. The Morgan fingerprint density at radius 3 is 2.06 bits per heavy atom. The van der Waals surface area contributed by atoms with Gasteiger partial charge in [0.05, 0.1) is 30.7 Å². The number of carbonyl (C=O) groups is 3. The summed E-state index contributed by atoms with van der Waals surface area (Å²) < 4.78 is 34.8. The first-order chi connectivity index (χ1) is 31.2. The summed E-state index contributed by atoms with van der Waals surface area (Å²) in [6, 6.07) is 0. The van der Waals surface area contributed by atoms with E-state index in [-0.39, 0.29) is 40.4 Å². The van der Waals surface area contributed by atoms with E-state index in [1.54, 1.807) is 6.92 Å². The van der Waals surface area contributed by atoms with Crippen molar-refractivity contribution in [3.63, 3.8) is 0 Å². The lowest BCUT2D eigenvalue weighted by Crippen LogP contribution is -2.68. The van der Waals surface area contributed by atoms with E-state index in [0.717, 1.165) is 12.8 Å². The predicted molar refractivity (Wildman–Crippen MR) is 227 cm³/mol. The van der Waals surface area contributed by atoms with E-state index in [2.05, 4.69) is 40.7 Å². The summed E-state index contributed by atoms with van der Waals surface area (Å²) >= 11 is 0. The first-order valence-corrected chi connectivity index (χ1v) is 23.9. The highest BCUT2D eigenvalue weighted by molar-refractivity contribution is 5.76. The van der Waals surface area contributed by atoms with E-state index >= 15 is 0 Å². The SMILES string of the molecule is CC1(C)CC(C(=O)OC2OC(CO)C(O)C(O)C2O)C2CCC3(C)C(=CCC4C5(C)CCC(OC6OC(C(=O)O)C(O)C(O)C6OC6OCC(O)C(O)C6O)C(C)(C(=O)O)C5CCC43C)C2C1. The zero-order valence-electron chi connectivity index (χ0n) is 39.0. The number of carboxylic acid groups (broad SMARTS) is 2. The monoisotopic (exact) mass is 956 g/mol. The fourth-order valence-electron chi connectivity index (χ4n) is 14.9. The van der Waals surface area contributed by atoms with Crippen molar-refractivity contribution < 1.29 is 99.0 Å². The predicted octanol–water partition coefficient (Wildman–Crippen LogP) is -0.207. The van der Waals surface area contributed by atoms with Gasteiger partial charge < -0.3 is 84.6 Å². The van der Waals surface area contributed by atoms with Crippen LogP contribution in [0, 0.1) is 56.7 Å². The van der Waals surface area contributed by atoms with E-state index in [0.29, 0.717) is 38.5 Å².